The highest BCUT2D eigenvalue weighted by atomic mass is 16.7. The summed E-state index contributed by atoms with van der Waals surface area (Å²) in [5.74, 6) is 1.29. The maximum absolute atomic E-state index is 10.0. The van der Waals surface area contributed by atoms with Gasteiger partial charge in [-0.05, 0) is 24.7 Å². The molecular formula is C12H16O3. The smallest absolute Gasteiger partial charge is 0.181 e. The molecule has 3 fully saturated rings. The van der Waals surface area contributed by atoms with Gasteiger partial charge in [0, 0.05) is 11.8 Å². The Kier molecular flexibility index (Phi) is 1.54. The zero-order chi connectivity index (χ0) is 10.0. The quantitative estimate of drug-likeness (QED) is 0.602. The number of hydrogen-bond acceptors (Lipinski definition) is 3. The van der Waals surface area contributed by atoms with Crippen LogP contribution in [0.2, 0.25) is 0 Å². The Morgan fingerprint density at radius 3 is 2.53 bits per heavy atom. The first-order valence-corrected chi connectivity index (χ1v) is 5.97. The Balaban J connectivity index is 1.77. The summed E-state index contributed by atoms with van der Waals surface area (Å²) < 4.78 is 11.8. The normalized spacial score (nSPS) is 54.3. The zero-order valence-corrected chi connectivity index (χ0v) is 8.63. The predicted octanol–water partition coefficient (Wildman–Crippen LogP) is 0.932. The second kappa shape index (κ2) is 2.65. The molecule has 2 saturated carbocycles. The predicted molar refractivity (Wildman–Crippen MR) is 53.0 cm³/mol. The minimum atomic E-state index is -0.378. The first kappa shape index (κ1) is 8.74. The van der Waals surface area contributed by atoms with Crippen molar-refractivity contribution in [2.75, 3.05) is 13.2 Å². The van der Waals surface area contributed by atoms with Crippen LogP contribution in [0.25, 0.3) is 0 Å². The van der Waals surface area contributed by atoms with Crippen LogP contribution in [0, 0.1) is 23.7 Å². The molecule has 4 rings (SSSR count). The number of aliphatic hydroxyl groups is 1. The molecule has 0 radical (unpaired) electrons. The van der Waals surface area contributed by atoms with Crippen LogP contribution in [0.5, 0.6) is 0 Å². The highest BCUT2D eigenvalue weighted by Gasteiger charge is 2.67. The van der Waals surface area contributed by atoms with Gasteiger partial charge in [-0.3, -0.25) is 0 Å². The molecule has 82 valence electrons. The van der Waals surface area contributed by atoms with E-state index in [1.807, 2.05) is 0 Å². The third-order valence-electron chi connectivity index (χ3n) is 4.80. The molecule has 1 heterocycles. The van der Waals surface area contributed by atoms with Crippen LogP contribution in [-0.4, -0.2) is 30.2 Å². The van der Waals surface area contributed by atoms with E-state index in [4.69, 9.17) is 9.47 Å². The second-order valence-corrected chi connectivity index (χ2v) is 5.24. The van der Waals surface area contributed by atoms with E-state index in [-0.39, 0.29) is 11.9 Å². The van der Waals surface area contributed by atoms with Crippen molar-refractivity contribution in [1.29, 1.82) is 0 Å². The van der Waals surface area contributed by atoms with Crippen molar-refractivity contribution in [1.82, 2.24) is 0 Å². The fraction of sp³-hybridized carbons (Fsp3) is 0.833. The van der Waals surface area contributed by atoms with E-state index < -0.39 is 0 Å². The SMILES string of the molecule is O[C@@H]1CC[C@H]2[C@@H]1[C@H]1C=C[C@@H]2C12OCCO2. The minimum Gasteiger partial charge on any atom is -0.393 e. The van der Waals surface area contributed by atoms with Crippen molar-refractivity contribution < 1.29 is 14.6 Å². The van der Waals surface area contributed by atoms with E-state index in [1.165, 1.54) is 0 Å². The first-order chi connectivity index (χ1) is 7.33. The molecule has 3 heteroatoms. The van der Waals surface area contributed by atoms with E-state index in [1.54, 1.807) is 0 Å². The molecule has 3 aliphatic carbocycles. The Labute approximate surface area is 89.1 Å². The molecule has 1 saturated heterocycles. The molecule has 1 aliphatic heterocycles. The van der Waals surface area contributed by atoms with Crippen LogP contribution in [0.1, 0.15) is 12.8 Å². The second-order valence-electron chi connectivity index (χ2n) is 5.24. The van der Waals surface area contributed by atoms with Crippen LogP contribution in [0.4, 0.5) is 0 Å². The van der Waals surface area contributed by atoms with E-state index in [9.17, 15) is 5.11 Å². The molecule has 15 heavy (non-hydrogen) atoms. The molecule has 0 unspecified atom stereocenters. The maximum atomic E-state index is 10.0. The Bertz CT molecular complexity index is 319. The van der Waals surface area contributed by atoms with E-state index >= 15 is 0 Å². The standard InChI is InChI=1S/C12H16O3/c13-10-4-1-7-8-2-3-9(11(7)10)12(8)14-5-6-15-12/h2-3,7-11,13H,1,4-6H2/t7-,8+,9-,10-,11-/m1/s1. The lowest BCUT2D eigenvalue weighted by molar-refractivity contribution is -0.191. The van der Waals surface area contributed by atoms with Gasteiger partial charge in [-0.2, -0.15) is 0 Å². The van der Waals surface area contributed by atoms with Gasteiger partial charge in [0.05, 0.1) is 19.3 Å². The summed E-state index contributed by atoms with van der Waals surface area (Å²) in [5, 5.41) is 10.0. The monoisotopic (exact) mass is 208 g/mol. The van der Waals surface area contributed by atoms with Gasteiger partial charge in [0.2, 0.25) is 0 Å². The molecular weight excluding hydrogens is 192 g/mol. The Morgan fingerprint density at radius 1 is 1.07 bits per heavy atom. The summed E-state index contributed by atoms with van der Waals surface area (Å²) in [6, 6.07) is 0. The zero-order valence-electron chi connectivity index (χ0n) is 8.63. The van der Waals surface area contributed by atoms with Gasteiger partial charge in [0.15, 0.2) is 5.79 Å². The average molecular weight is 208 g/mol. The van der Waals surface area contributed by atoms with Crippen molar-refractivity contribution in [2.24, 2.45) is 23.7 Å². The third-order valence-corrected chi connectivity index (χ3v) is 4.80. The number of rotatable bonds is 0. The molecule has 0 aromatic rings. The lowest BCUT2D eigenvalue weighted by Crippen LogP contribution is -2.39. The van der Waals surface area contributed by atoms with E-state index in [2.05, 4.69) is 12.2 Å². The van der Waals surface area contributed by atoms with Gasteiger partial charge < -0.3 is 14.6 Å². The summed E-state index contributed by atoms with van der Waals surface area (Å²) in [6.45, 7) is 1.43. The molecule has 0 aromatic carbocycles. The summed E-state index contributed by atoms with van der Waals surface area (Å²) in [6.07, 6.45) is 6.42. The number of fused-ring (bicyclic) bond motifs is 3. The van der Waals surface area contributed by atoms with Crippen LogP contribution >= 0.6 is 0 Å². The third kappa shape index (κ3) is 0.846. The fourth-order valence-electron chi connectivity index (χ4n) is 4.35. The lowest BCUT2D eigenvalue weighted by Gasteiger charge is -2.30. The van der Waals surface area contributed by atoms with Crippen molar-refractivity contribution in [2.45, 2.75) is 24.7 Å². The van der Waals surface area contributed by atoms with Gasteiger partial charge in [-0.25, -0.2) is 0 Å². The summed E-state index contributed by atoms with van der Waals surface area (Å²) >= 11 is 0. The minimum absolute atomic E-state index is 0.139. The Morgan fingerprint density at radius 2 is 1.80 bits per heavy atom. The number of hydrogen-bond donors (Lipinski definition) is 1. The van der Waals surface area contributed by atoms with Gasteiger partial charge in [-0.15, -0.1) is 0 Å². The van der Waals surface area contributed by atoms with Gasteiger partial charge in [0.1, 0.15) is 0 Å². The molecule has 2 bridgehead atoms. The molecule has 4 aliphatic rings. The molecule has 5 atom stereocenters. The molecule has 1 spiro atoms. The van der Waals surface area contributed by atoms with Crippen molar-refractivity contribution >= 4 is 0 Å². The summed E-state index contributed by atoms with van der Waals surface area (Å²) in [7, 11) is 0. The molecule has 0 amide bonds. The molecule has 1 N–H and O–H groups in total. The fourth-order valence-corrected chi connectivity index (χ4v) is 4.35. The largest absolute Gasteiger partial charge is 0.393 e. The van der Waals surface area contributed by atoms with Gasteiger partial charge in [0.25, 0.3) is 0 Å². The average Bonchev–Trinajstić information content (AvgIpc) is 2.96. The van der Waals surface area contributed by atoms with Crippen molar-refractivity contribution in [3.63, 3.8) is 0 Å². The molecule has 0 aromatic heterocycles. The van der Waals surface area contributed by atoms with E-state index in [0.717, 1.165) is 12.8 Å². The molecule has 3 nitrogen and oxygen atoms in total. The van der Waals surface area contributed by atoms with Crippen LogP contribution in [-0.2, 0) is 9.47 Å². The van der Waals surface area contributed by atoms with Crippen LogP contribution in [0.15, 0.2) is 12.2 Å². The lowest BCUT2D eigenvalue weighted by atomic mass is 9.85. The highest BCUT2D eigenvalue weighted by Crippen LogP contribution is 2.62. The van der Waals surface area contributed by atoms with Crippen molar-refractivity contribution in [3.8, 4) is 0 Å². The number of aliphatic hydroxyl groups excluding tert-OH is 1. The first-order valence-electron chi connectivity index (χ1n) is 5.97. The topological polar surface area (TPSA) is 38.7 Å². The van der Waals surface area contributed by atoms with E-state index in [0.29, 0.717) is 36.9 Å². The number of ether oxygens (including phenoxy) is 2. The highest BCUT2D eigenvalue weighted by molar-refractivity contribution is 5.25. The van der Waals surface area contributed by atoms with Gasteiger partial charge >= 0.3 is 0 Å². The summed E-state index contributed by atoms with van der Waals surface area (Å²) in [4.78, 5) is 0. The maximum Gasteiger partial charge on any atom is 0.181 e. The van der Waals surface area contributed by atoms with Crippen LogP contribution < -0.4 is 0 Å². The van der Waals surface area contributed by atoms with Crippen LogP contribution in [0.3, 0.4) is 0 Å². The van der Waals surface area contributed by atoms with Crippen molar-refractivity contribution in [3.05, 3.63) is 12.2 Å². The van der Waals surface area contributed by atoms with Gasteiger partial charge in [-0.1, -0.05) is 12.2 Å². The Hall–Kier alpha value is -0.380. The summed E-state index contributed by atoms with van der Waals surface area (Å²) in [5.41, 5.74) is 0.